The first kappa shape index (κ1) is 10.9. The van der Waals surface area contributed by atoms with Crippen molar-refractivity contribution >= 4 is 28.4 Å². The molecule has 0 amide bonds. The van der Waals surface area contributed by atoms with Crippen LogP contribution in [-0.2, 0) is 0 Å². The second-order valence-electron chi connectivity index (χ2n) is 3.57. The summed E-state index contributed by atoms with van der Waals surface area (Å²) in [5, 5.41) is 18.7. The Labute approximate surface area is 96.1 Å². The van der Waals surface area contributed by atoms with E-state index in [0.717, 1.165) is 0 Å². The molecule has 5 heteroatoms. The van der Waals surface area contributed by atoms with Gasteiger partial charge in [0.1, 0.15) is 0 Å². The lowest BCUT2D eigenvalue weighted by Crippen LogP contribution is -2.02. The monoisotopic (exact) mass is 231 g/mol. The maximum Gasteiger partial charge on any atom is 0.336 e. The first-order chi connectivity index (χ1) is 8.00. The van der Waals surface area contributed by atoms with Gasteiger partial charge in [-0.05, 0) is 29.7 Å². The van der Waals surface area contributed by atoms with Crippen molar-refractivity contribution in [2.24, 2.45) is 0 Å². The maximum atomic E-state index is 11.0. The molecule has 17 heavy (non-hydrogen) atoms. The zero-order valence-corrected chi connectivity index (χ0v) is 8.68. The molecule has 5 nitrogen and oxygen atoms in total. The highest BCUT2D eigenvalue weighted by molar-refractivity contribution is 6.09. The van der Waals surface area contributed by atoms with Crippen LogP contribution in [0.2, 0.25) is 0 Å². The van der Waals surface area contributed by atoms with Gasteiger partial charge in [0.05, 0.1) is 11.1 Å². The Morgan fingerprint density at radius 3 is 2.24 bits per heavy atom. The Morgan fingerprint density at radius 1 is 0.941 bits per heavy atom. The molecule has 0 saturated carbocycles. The van der Waals surface area contributed by atoms with Crippen LogP contribution in [0.3, 0.4) is 0 Å². The second kappa shape index (κ2) is 3.79. The van der Waals surface area contributed by atoms with Crippen LogP contribution in [0.15, 0.2) is 30.3 Å². The predicted molar refractivity (Wildman–Crippen MR) is 62.3 cm³/mol. The molecule has 2 aromatic carbocycles. The standard InChI is InChI=1S/C12H9NO4/c13-10-4-3-8(12(16)17)9-5-6(11(14)15)1-2-7(9)10/h1-5H,13H2,(H,14,15)(H,16,17). The maximum absolute atomic E-state index is 11.0. The lowest BCUT2D eigenvalue weighted by atomic mass is 10.0. The number of nitrogen functional groups attached to an aromatic ring is 1. The molecule has 0 bridgehead atoms. The predicted octanol–water partition coefficient (Wildman–Crippen LogP) is 1.82. The fourth-order valence-electron chi connectivity index (χ4n) is 1.69. The lowest BCUT2D eigenvalue weighted by Gasteiger charge is -2.06. The molecule has 2 rings (SSSR count). The largest absolute Gasteiger partial charge is 0.478 e. The molecular weight excluding hydrogens is 222 g/mol. The number of hydrogen-bond donors (Lipinski definition) is 3. The molecule has 0 aromatic heterocycles. The minimum Gasteiger partial charge on any atom is -0.478 e. The van der Waals surface area contributed by atoms with Crippen molar-refractivity contribution in [2.45, 2.75) is 0 Å². The molecule has 4 N–H and O–H groups in total. The van der Waals surface area contributed by atoms with E-state index in [1.165, 1.54) is 30.3 Å². The van der Waals surface area contributed by atoms with E-state index in [-0.39, 0.29) is 11.1 Å². The average Bonchev–Trinajstić information content (AvgIpc) is 2.28. The van der Waals surface area contributed by atoms with Crippen molar-refractivity contribution in [1.82, 2.24) is 0 Å². The first-order valence-electron chi connectivity index (χ1n) is 4.79. The highest BCUT2D eigenvalue weighted by Crippen LogP contribution is 2.26. The van der Waals surface area contributed by atoms with E-state index in [1.54, 1.807) is 0 Å². The van der Waals surface area contributed by atoms with Gasteiger partial charge in [0.2, 0.25) is 0 Å². The molecule has 0 aliphatic carbocycles. The van der Waals surface area contributed by atoms with Crippen molar-refractivity contribution < 1.29 is 19.8 Å². The van der Waals surface area contributed by atoms with Crippen molar-refractivity contribution in [3.8, 4) is 0 Å². The van der Waals surface area contributed by atoms with Crippen LogP contribution in [0, 0.1) is 0 Å². The topological polar surface area (TPSA) is 101 Å². The fraction of sp³-hybridized carbons (Fsp3) is 0. The number of carbonyl (C=O) groups is 2. The van der Waals surface area contributed by atoms with E-state index in [1.807, 2.05) is 0 Å². The zero-order valence-electron chi connectivity index (χ0n) is 8.68. The summed E-state index contributed by atoms with van der Waals surface area (Å²) in [5.41, 5.74) is 6.20. The van der Waals surface area contributed by atoms with Crippen molar-refractivity contribution in [2.75, 3.05) is 5.73 Å². The van der Waals surface area contributed by atoms with Gasteiger partial charge in [-0.1, -0.05) is 6.07 Å². The van der Waals surface area contributed by atoms with Gasteiger partial charge in [0.15, 0.2) is 0 Å². The van der Waals surface area contributed by atoms with Crippen LogP contribution in [0.5, 0.6) is 0 Å². The Bertz CT molecular complexity index is 634. The Balaban J connectivity index is 2.85. The third-order valence-electron chi connectivity index (χ3n) is 2.53. The molecule has 0 atom stereocenters. The molecule has 86 valence electrons. The summed E-state index contributed by atoms with van der Waals surface area (Å²) >= 11 is 0. The van der Waals surface area contributed by atoms with Gasteiger partial charge in [-0.2, -0.15) is 0 Å². The molecule has 0 aliphatic heterocycles. The van der Waals surface area contributed by atoms with E-state index >= 15 is 0 Å². The number of benzene rings is 2. The zero-order chi connectivity index (χ0) is 12.6. The molecule has 0 spiro atoms. The van der Waals surface area contributed by atoms with Gasteiger partial charge >= 0.3 is 11.9 Å². The normalized spacial score (nSPS) is 10.4. The average molecular weight is 231 g/mol. The van der Waals surface area contributed by atoms with Gasteiger partial charge in [-0.3, -0.25) is 0 Å². The number of carboxylic acid groups (broad SMARTS) is 2. The van der Waals surface area contributed by atoms with Crippen molar-refractivity contribution in [3.05, 3.63) is 41.5 Å². The van der Waals surface area contributed by atoms with Crippen LogP contribution in [-0.4, -0.2) is 22.2 Å². The Kier molecular flexibility index (Phi) is 2.44. The minimum absolute atomic E-state index is 0.0330. The SMILES string of the molecule is Nc1ccc(C(=O)O)c2cc(C(=O)O)ccc12. The van der Waals surface area contributed by atoms with Crippen molar-refractivity contribution in [3.63, 3.8) is 0 Å². The Hall–Kier alpha value is -2.56. The van der Waals surface area contributed by atoms with Crippen molar-refractivity contribution in [1.29, 1.82) is 0 Å². The van der Waals surface area contributed by atoms with Crippen LogP contribution in [0.1, 0.15) is 20.7 Å². The van der Waals surface area contributed by atoms with E-state index < -0.39 is 11.9 Å². The van der Waals surface area contributed by atoms with Crippen LogP contribution >= 0.6 is 0 Å². The lowest BCUT2D eigenvalue weighted by molar-refractivity contribution is 0.0685. The summed E-state index contributed by atoms with van der Waals surface area (Å²) < 4.78 is 0. The summed E-state index contributed by atoms with van der Waals surface area (Å²) in [6, 6.07) is 7.09. The number of carboxylic acids is 2. The van der Waals surface area contributed by atoms with Gasteiger partial charge in [0.25, 0.3) is 0 Å². The molecule has 0 fully saturated rings. The van der Waals surface area contributed by atoms with E-state index in [9.17, 15) is 9.59 Å². The molecule has 0 radical (unpaired) electrons. The van der Waals surface area contributed by atoms with E-state index in [2.05, 4.69) is 0 Å². The molecule has 2 aromatic rings. The number of hydrogen-bond acceptors (Lipinski definition) is 3. The molecule has 0 saturated heterocycles. The summed E-state index contributed by atoms with van der Waals surface area (Å²) in [7, 11) is 0. The number of anilines is 1. The van der Waals surface area contributed by atoms with E-state index in [4.69, 9.17) is 15.9 Å². The first-order valence-corrected chi connectivity index (χ1v) is 4.79. The number of fused-ring (bicyclic) bond motifs is 1. The second-order valence-corrected chi connectivity index (χ2v) is 3.57. The quantitative estimate of drug-likeness (QED) is 0.684. The van der Waals surface area contributed by atoms with E-state index in [0.29, 0.717) is 16.5 Å². The van der Waals surface area contributed by atoms with Crippen LogP contribution < -0.4 is 5.73 Å². The van der Waals surface area contributed by atoms with Crippen LogP contribution in [0.4, 0.5) is 5.69 Å². The molecule has 0 heterocycles. The molecule has 0 unspecified atom stereocenters. The summed E-state index contributed by atoms with van der Waals surface area (Å²) in [5.74, 6) is -2.22. The van der Waals surface area contributed by atoms with Crippen LogP contribution in [0.25, 0.3) is 10.8 Å². The summed E-state index contributed by atoms with van der Waals surface area (Å²) in [6.45, 7) is 0. The highest BCUT2D eigenvalue weighted by atomic mass is 16.4. The number of rotatable bonds is 2. The highest BCUT2D eigenvalue weighted by Gasteiger charge is 2.12. The van der Waals surface area contributed by atoms with Gasteiger partial charge in [0, 0.05) is 11.1 Å². The third kappa shape index (κ3) is 1.78. The number of nitrogens with two attached hydrogens (primary N) is 1. The molecule has 0 aliphatic rings. The fourth-order valence-corrected chi connectivity index (χ4v) is 1.69. The summed E-state index contributed by atoms with van der Waals surface area (Å²) in [6.07, 6.45) is 0. The van der Waals surface area contributed by atoms with Gasteiger partial charge in [-0.25, -0.2) is 9.59 Å². The minimum atomic E-state index is -1.11. The number of aromatic carboxylic acids is 2. The molecular formula is C12H9NO4. The Morgan fingerprint density at radius 2 is 1.65 bits per heavy atom. The third-order valence-corrected chi connectivity index (χ3v) is 2.53. The smallest absolute Gasteiger partial charge is 0.336 e. The van der Waals surface area contributed by atoms with Gasteiger partial charge in [-0.15, -0.1) is 0 Å². The van der Waals surface area contributed by atoms with Gasteiger partial charge < -0.3 is 15.9 Å². The summed E-state index contributed by atoms with van der Waals surface area (Å²) in [4.78, 5) is 21.9.